The van der Waals surface area contributed by atoms with Gasteiger partial charge in [0, 0.05) is 19.3 Å². The number of hydrogen-bond acceptors (Lipinski definition) is 4. The minimum Gasteiger partial charge on any atom is -0.478 e. The highest BCUT2D eigenvalue weighted by molar-refractivity contribution is 5.87. The number of amides is 1. The van der Waals surface area contributed by atoms with Crippen molar-refractivity contribution in [1.29, 1.82) is 0 Å². The second-order valence-electron chi connectivity index (χ2n) is 4.28. The molecule has 0 radical (unpaired) electrons. The summed E-state index contributed by atoms with van der Waals surface area (Å²) in [5.41, 5.74) is 0.0243. The zero-order chi connectivity index (χ0) is 14.9. The molecular formula is C11H10F3N3O3. The number of nitrogens with one attached hydrogen (secondary N) is 1. The van der Waals surface area contributed by atoms with Gasteiger partial charge in [0.2, 0.25) is 0 Å². The second-order valence-corrected chi connectivity index (χ2v) is 4.28. The molecule has 0 aromatic carbocycles. The number of carbonyl (C=O) groups excluding carboxylic acids is 1. The van der Waals surface area contributed by atoms with Gasteiger partial charge in [-0.1, -0.05) is 0 Å². The van der Waals surface area contributed by atoms with Crippen molar-refractivity contribution in [3.05, 3.63) is 23.9 Å². The molecule has 1 aromatic rings. The van der Waals surface area contributed by atoms with Crippen molar-refractivity contribution < 1.29 is 27.9 Å². The summed E-state index contributed by atoms with van der Waals surface area (Å²) < 4.78 is 36.0. The topological polar surface area (TPSA) is 82.5 Å². The molecule has 0 saturated carbocycles. The Morgan fingerprint density at radius 3 is 2.45 bits per heavy atom. The normalized spacial score (nSPS) is 15.7. The fourth-order valence-electron chi connectivity index (χ4n) is 1.72. The third-order valence-electron chi connectivity index (χ3n) is 2.79. The van der Waals surface area contributed by atoms with Crippen LogP contribution in [0.2, 0.25) is 0 Å². The first-order valence-electron chi connectivity index (χ1n) is 5.59. The SMILES string of the molecule is O=C(O)c1ccc(N2CC(NC(=O)C(F)(F)F)C2)nc1. The molecule has 0 bridgehead atoms. The fraction of sp³-hybridized carbons (Fsp3) is 0.364. The van der Waals surface area contributed by atoms with E-state index in [4.69, 9.17) is 5.11 Å². The quantitative estimate of drug-likeness (QED) is 0.853. The first-order valence-corrected chi connectivity index (χ1v) is 5.59. The highest BCUT2D eigenvalue weighted by atomic mass is 19.4. The van der Waals surface area contributed by atoms with Crippen LogP contribution >= 0.6 is 0 Å². The van der Waals surface area contributed by atoms with Gasteiger partial charge in [-0.05, 0) is 12.1 Å². The van der Waals surface area contributed by atoms with Gasteiger partial charge in [0.1, 0.15) is 5.82 Å². The number of anilines is 1. The van der Waals surface area contributed by atoms with Gasteiger partial charge in [-0.2, -0.15) is 13.2 Å². The smallest absolute Gasteiger partial charge is 0.471 e. The first-order chi connectivity index (χ1) is 9.27. The summed E-state index contributed by atoms with van der Waals surface area (Å²) in [6.07, 6.45) is -3.72. The Morgan fingerprint density at radius 2 is 2.00 bits per heavy atom. The second kappa shape index (κ2) is 4.99. The van der Waals surface area contributed by atoms with E-state index in [1.165, 1.54) is 18.3 Å². The number of alkyl halides is 3. The predicted molar refractivity (Wildman–Crippen MR) is 61.4 cm³/mol. The van der Waals surface area contributed by atoms with E-state index in [0.717, 1.165) is 0 Å². The molecule has 2 rings (SSSR count). The monoisotopic (exact) mass is 289 g/mol. The van der Waals surface area contributed by atoms with Crippen molar-refractivity contribution in [2.75, 3.05) is 18.0 Å². The maximum Gasteiger partial charge on any atom is 0.471 e. The van der Waals surface area contributed by atoms with E-state index in [9.17, 15) is 22.8 Å². The molecule has 20 heavy (non-hydrogen) atoms. The van der Waals surface area contributed by atoms with Crippen LogP contribution in [-0.2, 0) is 4.79 Å². The minimum absolute atomic E-state index is 0.0243. The van der Waals surface area contributed by atoms with Crippen LogP contribution in [0.15, 0.2) is 18.3 Å². The zero-order valence-corrected chi connectivity index (χ0v) is 10.0. The van der Waals surface area contributed by atoms with Crippen LogP contribution in [0.5, 0.6) is 0 Å². The number of aromatic nitrogens is 1. The lowest BCUT2D eigenvalue weighted by molar-refractivity contribution is -0.174. The molecule has 2 N–H and O–H groups in total. The number of rotatable bonds is 3. The van der Waals surface area contributed by atoms with E-state index in [1.807, 2.05) is 5.32 Å². The van der Waals surface area contributed by atoms with Gasteiger partial charge in [-0.15, -0.1) is 0 Å². The number of carboxylic acids is 1. The predicted octanol–water partition coefficient (Wildman–Crippen LogP) is 0.647. The van der Waals surface area contributed by atoms with E-state index in [-0.39, 0.29) is 18.7 Å². The molecule has 9 heteroatoms. The van der Waals surface area contributed by atoms with Crippen LogP contribution in [-0.4, -0.2) is 47.3 Å². The maximum atomic E-state index is 12.0. The fourth-order valence-corrected chi connectivity index (χ4v) is 1.72. The molecule has 1 amide bonds. The van der Waals surface area contributed by atoms with Gasteiger partial charge in [0.25, 0.3) is 0 Å². The van der Waals surface area contributed by atoms with Crippen molar-refractivity contribution in [2.45, 2.75) is 12.2 Å². The van der Waals surface area contributed by atoms with Crippen LogP contribution in [0, 0.1) is 0 Å². The molecular weight excluding hydrogens is 279 g/mol. The van der Waals surface area contributed by atoms with E-state index in [0.29, 0.717) is 5.82 Å². The highest BCUT2D eigenvalue weighted by Crippen LogP contribution is 2.20. The zero-order valence-electron chi connectivity index (χ0n) is 10.0. The molecule has 1 fully saturated rings. The Hall–Kier alpha value is -2.32. The van der Waals surface area contributed by atoms with Crippen molar-refractivity contribution in [1.82, 2.24) is 10.3 Å². The Balaban J connectivity index is 1.87. The average molecular weight is 289 g/mol. The average Bonchev–Trinajstić information content (AvgIpc) is 2.32. The van der Waals surface area contributed by atoms with Crippen LogP contribution < -0.4 is 10.2 Å². The van der Waals surface area contributed by atoms with Crippen LogP contribution in [0.3, 0.4) is 0 Å². The summed E-state index contributed by atoms with van der Waals surface area (Å²) in [6.45, 7) is 0.391. The third kappa shape index (κ3) is 2.98. The maximum absolute atomic E-state index is 12.0. The Kier molecular flexibility index (Phi) is 3.51. The van der Waals surface area contributed by atoms with Gasteiger partial charge in [0.15, 0.2) is 0 Å². The third-order valence-corrected chi connectivity index (χ3v) is 2.79. The van der Waals surface area contributed by atoms with Gasteiger partial charge >= 0.3 is 18.1 Å². The number of carbonyl (C=O) groups is 2. The van der Waals surface area contributed by atoms with E-state index < -0.39 is 24.1 Å². The van der Waals surface area contributed by atoms with Crippen LogP contribution in [0.25, 0.3) is 0 Å². The van der Waals surface area contributed by atoms with Crippen molar-refractivity contribution >= 4 is 17.7 Å². The first kappa shape index (κ1) is 14.1. The van der Waals surface area contributed by atoms with Gasteiger partial charge in [0.05, 0.1) is 11.6 Å². The summed E-state index contributed by atoms with van der Waals surface area (Å²) in [5.74, 6) is -2.62. The molecule has 0 unspecified atom stereocenters. The number of aromatic carboxylic acids is 1. The number of hydrogen-bond donors (Lipinski definition) is 2. The molecule has 0 spiro atoms. The summed E-state index contributed by atoms with van der Waals surface area (Å²) in [7, 11) is 0. The molecule has 1 saturated heterocycles. The standard InChI is InChI=1S/C11H10F3N3O3/c12-11(13,14)10(20)16-7-4-17(5-7)8-2-1-6(3-15-8)9(18)19/h1-3,7H,4-5H2,(H,16,20)(H,18,19). The Morgan fingerprint density at radius 1 is 1.35 bits per heavy atom. The largest absolute Gasteiger partial charge is 0.478 e. The molecule has 1 aliphatic rings. The minimum atomic E-state index is -4.89. The van der Waals surface area contributed by atoms with E-state index in [1.54, 1.807) is 4.90 Å². The summed E-state index contributed by atoms with van der Waals surface area (Å²) in [4.78, 5) is 26.8. The molecule has 1 aliphatic heterocycles. The van der Waals surface area contributed by atoms with Crippen molar-refractivity contribution in [3.8, 4) is 0 Å². The summed E-state index contributed by atoms with van der Waals surface area (Å²) in [6, 6.07) is 2.22. The highest BCUT2D eigenvalue weighted by Gasteiger charge is 2.41. The van der Waals surface area contributed by atoms with Crippen molar-refractivity contribution in [2.24, 2.45) is 0 Å². The number of carboxylic acid groups (broad SMARTS) is 1. The lowest BCUT2D eigenvalue weighted by Crippen LogP contribution is -2.61. The number of pyridine rings is 1. The Labute approximate surface area is 111 Å². The summed E-state index contributed by atoms with van der Waals surface area (Å²) in [5, 5.41) is 10.6. The lowest BCUT2D eigenvalue weighted by atomic mass is 10.1. The van der Waals surface area contributed by atoms with Crippen LogP contribution in [0.4, 0.5) is 19.0 Å². The van der Waals surface area contributed by atoms with Gasteiger partial charge in [-0.25, -0.2) is 9.78 Å². The molecule has 2 heterocycles. The van der Waals surface area contributed by atoms with Crippen LogP contribution in [0.1, 0.15) is 10.4 Å². The lowest BCUT2D eigenvalue weighted by Gasteiger charge is -2.40. The molecule has 0 atom stereocenters. The van der Waals surface area contributed by atoms with Gasteiger partial charge < -0.3 is 15.3 Å². The van der Waals surface area contributed by atoms with E-state index >= 15 is 0 Å². The van der Waals surface area contributed by atoms with Gasteiger partial charge in [-0.3, -0.25) is 4.79 Å². The Bertz CT molecular complexity index is 524. The molecule has 0 aliphatic carbocycles. The summed E-state index contributed by atoms with van der Waals surface area (Å²) >= 11 is 0. The van der Waals surface area contributed by atoms with Crippen molar-refractivity contribution in [3.63, 3.8) is 0 Å². The number of nitrogens with zero attached hydrogens (tertiary/aromatic N) is 2. The number of halogens is 3. The molecule has 1 aromatic heterocycles. The van der Waals surface area contributed by atoms with E-state index in [2.05, 4.69) is 4.98 Å². The molecule has 6 nitrogen and oxygen atoms in total. The molecule has 108 valence electrons.